The summed E-state index contributed by atoms with van der Waals surface area (Å²) in [5, 5.41) is 2.24. The summed E-state index contributed by atoms with van der Waals surface area (Å²) >= 11 is 0. The summed E-state index contributed by atoms with van der Waals surface area (Å²) in [6.07, 6.45) is -4.98. The second-order valence-corrected chi connectivity index (χ2v) is 4.05. The van der Waals surface area contributed by atoms with Crippen molar-refractivity contribution in [1.29, 1.82) is 0 Å². The highest BCUT2D eigenvalue weighted by Gasteiger charge is 2.36. The Morgan fingerprint density at radius 1 is 1.20 bits per heavy atom. The molecule has 1 aliphatic carbocycles. The second kappa shape index (κ2) is 5.12. The van der Waals surface area contributed by atoms with Gasteiger partial charge in [0.05, 0.1) is 0 Å². The van der Waals surface area contributed by atoms with Crippen molar-refractivity contribution in [2.45, 2.75) is 44.2 Å². The van der Waals surface area contributed by atoms with Crippen LogP contribution >= 0.6 is 0 Å². The first-order valence-corrected chi connectivity index (χ1v) is 5.09. The maximum atomic E-state index is 12.7. The Kier molecular flexibility index (Phi) is 4.33. The Morgan fingerprint density at radius 3 is 2.20 bits per heavy atom. The zero-order chi connectivity index (χ0) is 11.5. The van der Waals surface area contributed by atoms with E-state index in [4.69, 9.17) is 5.73 Å². The fourth-order valence-electron chi connectivity index (χ4n) is 1.74. The highest BCUT2D eigenvalue weighted by atomic mass is 19.4. The molecule has 1 saturated carbocycles. The lowest BCUT2D eigenvalue weighted by atomic mass is 9.88. The fraction of sp³-hybridized carbons (Fsp3) is 1.00. The summed E-state index contributed by atoms with van der Waals surface area (Å²) in [5.74, 6) is 0.116. The number of rotatable bonds is 3. The van der Waals surface area contributed by atoms with Gasteiger partial charge in [-0.05, 0) is 38.1 Å². The van der Waals surface area contributed by atoms with E-state index in [1.54, 1.807) is 0 Å². The molecule has 0 aromatic rings. The number of alkyl halides is 4. The number of halogens is 4. The molecule has 0 saturated heterocycles. The lowest BCUT2D eigenvalue weighted by Crippen LogP contribution is -2.50. The minimum absolute atomic E-state index is 0.116. The topological polar surface area (TPSA) is 38.0 Å². The number of nitrogens with two attached hydrogens (primary N) is 1. The summed E-state index contributed by atoms with van der Waals surface area (Å²) < 4.78 is 48.8. The number of hydrogen-bond acceptors (Lipinski definition) is 2. The summed E-state index contributed by atoms with van der Waals surface area (Å²) in [5.41, 5.74) is 4.89. The highest BCUT2D eigenvalue weighted by Crippen LogP contribution is 2.26. The van der Waals surface area contributed by atoms with Crippen LogP contribution in [-0.4, -0.2) is 25.1 Å². The van der Waals surface area contributed by atoms with Crippen LogP contribution in [0.3, 0.4) is 0 Å². The standard InChI is InChI=1S/C9H16F4N2/c10-7-3-1-6(2-4-7)5-15-8(14)9(11,12)13/h6-8,15H,1-5,14H2. The van der Waals surface area contributed by atoms with Crippen molar-refractivity contribution in [3.05, 3.63) is 0 Å². The van der Waals surface area contributed by atoms with Gasteiger partial charge in [0.2, 0.25) is 0 Å². The van der Waals surface area contributed by atoms with Crippen LogP contribution in [0, 0.1) is 5.92 Å². The molecule has 0 bridgehead atoms. The minimum Gasteiger partial charge on any atom is -0.308 e. The molecular formula is C9H16F4N2. The number of hydrogen-bond donors (Lipinski definition) is 2. The molecule has 1 unspecified atom stereocenters. The lowest BCUT2D eigenvalue weighted by Gasteiger charge is -2.26. The highest BCUT2D eigenvalue weighted by molar-refractivity contribution is 4.76. The van der Waals surface area contributed by atoms with Crippen LogP contribution in [-0.2, 0) is 0 Å². The smallest absolute Gasteiger partial charge is 0.308 e. The molecule has 0 aromatic heterocycles. The molecular weight excluding hydrogens is 212 g/mol. The third-order valence-electron chi connectivity index (χ3n) is 2.76. The van der Waals surface area contributed by atoms with Gasteiger partial charge in [0, 0.05) is 0 Å². The van der Waals surface area contributed by atoms with Gasteiger partial charge in [-0.3, -0.25) is 5.32 Å². The molecule has 1 atom stereocenters. The van der Waals surface area contributed by atoms with Gasteiger partial charge in [0.1, 0.15) is 6.17 Å². The summed E-state index contributed by atoms with van der Waals surface area (Å²) in [7, 11) is 0. The molecule has 0 spiro atoms. The quantitative estimate of drug-likeness (QED) is 0.572. The van der Waals surface area contributed by atoms with Crippen LogP contribution in [0.2, 0.25) is 0 Å². The van der Waals surface area contributed by atoms with E-state index in [0.717, 1.165) is 0 Å². The maximum absolute atomic E-state index is 12.7. The van der Waals surface area contributed by atoms with Gasteiger partial charge in [0.25, 0.3) is 0 Å². The average Bonchev–Trinajstić information content (AvgIpc) is 2.15. The Labute approximate surface area is 86.2 Å². The maximum Gasteiger partial charge on any atom is 0.416 e. The van der Waals surface area contributed by atoms with Gasteiger partial charge in [-0.25, -0.2) is 4.39 Å². The molecule has 3 N–H and O–H groups in total. The van der Waals surface area contributed by atoms with E-state index in [-0.39, 0.29) is 12.5 Å². The molecule has 2 nitrogen and oxygen atoms in total. The lowest BCUT2D eigenvalue weighted by molar-refractivity contribution is -0.155. The monoisotopic (exact) mass is 228 g/mol. The van der Waals surface area contributed by atoms with Gasteiger partial charge in [-0.2, -0.15) is 13.2 Å². The Hall–Kier alpha value is -0.360. The zero-order valence-corrected chi connectivity index (χ0v) is 8.36. The van der Waals surface area contributed by atoms with Crippen LogP contribution in [0.15, 0.2) is 0 Å². The average molecular weight is 228 g/mol. The first-order valence-electron chi connectivity index (χ1n) is 5.09. The van der Waals surface area contributed by atoms with E-state index in [2.05, 4.69) is 5.32 Å². The summed E-state index contributed by atoms with van der Waals surface area (Å²) in [6, 6.07) is 0. The van der Waals surface area contributed by atoms with Crippen LogP contribution in [0.1, 0.15) is 25.7 Å². The third kappa shape index (κ3) is 4.34. The molecule has 1 fully saturated rings. The molecule has 0 amide bonds. The molecule has 0 aromatic carbocycles. The van der Waals surface area contributed by atoms with E-state index >= 15 is 0 Å². The predicted molar refractivity (Wildman–Crippen MR) is 48.9 cm³/mol. The molecule has 0 heterocycles. The van der Waals surface area contributed by atoms with Gasteiger partial charge >= 0.3 is 6.18 Å². The van der Waals surface area contributed by atoms with Crippen molar-refractivity contribution in [2.75, 3.05) is 6.54 Å². The molecule has 0 aliphatic heterocycles. The van der Waals surface area contributed by atoms with Crippen molar-refractivity contribution in [3.8, 4) is 0 Å². The molecule has 6 heteroatoms. The Bertz CT molecular complexity index is 187. The SMILES string of the molecule is NC(NCC1CCC(F)CC1)C(F)(F)F. The largest absolute Gasteiger partial charge is 0.416 e. The van der Waals surface area contributed by atoms with Gasteiger partial charge in [0.15, 0.2) is 6.17 Å². The zero-order valence-electron chi connectivity index (χ0n) is 8.36. The van der Waals surface area contributed by atoms with Crippen LogP contribution < -0.4 is 11.1 Å². The van der Waals surface area contributed by atoms with Crippen molar-refractivity contribution in [3.63, 3.8) is 0 Å². The molecule has 1 aliphatic rings. The van der Waals surface area contributed by atoms with Gasteiger partial charge in [-0.1, -0.05) is 0 Å². The first kappa shape index (κ1) is 12.7. The molecule has 15 heavy (non-hydrogen) atoms. The molecule has 90 valence electrons. The third-order valence-corrected chi connectivity index (χ3v) is 2.76. The van der Waals surface area contributed by atoms with Crippen LogP contribution in [0.5, 0.6) is 0 Å². The van der Waals surface area contributed by atoms with E-state index in [1.807, 2.05) is 0 Å². The summed E-state index contributed by atoms with van der Waals surface area (Å²) in [4.78, 5) is 0. The predicted octanol–water partition coefficient (Wildman–Crippen LogP) is 1.95. The molecule has 1 rings (SSSR count). The van der Waals surface area contributed by atoms with Gasteiger partial charge < -0.3 is 5.73 Å². The summed E-state index contributed by atoms with van der Waals surface area (Å²) in [6.45, 7) is 0.216. The Morgan fingerprint density at radius 2 is 1.73 bits per heavy atom. The Balaban J connectivity index is 2.20. The first-order chi connectivity index (χ1) is 6.89. The van der Waals surface area contributed by atoms with Gasteiger partial charge in [-0.15, -0.1) is 0 Å². The van der Waals surface area contributed by atoms with E-state index < -0.39 is 18.5 Å². The van der Waals surface area contributed by atoms with Crippen LogP contribution in [0.25, 0.3) is 0 Å². The van der Waals surface area contributed by atoms with E-state index in [9.17, 15) is 17.6 Å². The second-order valence-electron chi connectivity index (χ2n) is 4.05. The minimum atomic E-state index is -4.41. The normalized spacial score (nSPS) is 30.2. The van der Waals surface area contributed by atoms with Crippen LogP contribution in [0.4, 0.5) is 17.6 Å². The fourth-order valence-corrected chi connectivity index (χ4v) is 1.74. The van der Waals surface area contributed by atoms with Crippen molar-refractivity contribution >= 4 is 0 Å². The van der Waals surface area contributed by atoms with Crippen molar-refractivity contribution < 1.29 is 17.6 Å². The van der Waals surface area contributed by atoms with Crippen molar-refractivity contribution in [2.24, 2.45) is 11.7 Å². The van der Waals surface area contributed by atoms with E-state index in [1.165, 1.54) is 0 Å². The van der Waals surface area contributed by atoms with Crippen molar-refractivity contribution in [1.82, 2.24) is 5.32 Å². The van der Waals surface area contributed by atoms with E-state index in [0.29, 0.717) is 25.7 Å². The molecule has 0 radical (unpaired) electrons. The number of nitrogens with one attached hydrogen (secondary N) is 1.